The van der Waals surface area contributed by atoms with Crippen LogP contribution < -0.4 is 10.6 Å². The Morgan fingerprint density at radius 1 is 0.964 bits per heavy atom. The van der Waals surface area contributed by atoms with E-state index in [1.807, 2.05) is 0 Å². The fourth-order valence-electron chi connectivity index (χ4n) is 2.24. The lowest BCUT2D eigenvalue weighted by molar-refractivity contribution is -0.143. The highest BCUT2D eigenvalue weighted by atomic mass is 19.1. The van der Waals surface area contributed by atoms with Crippen molar-refractivity contribution in [3.8, 4) is 0 Å². The molecule has 146 valence electrons. The van der Waals surface area contributed by atoms with Gasteiger partial charge in [0.15, 0.2) is 6.61 Å². The average molecular weight is 388 g/mol. The molecule has 0 aromatic heterocycles. The molecule has 2 aromatic rings. The van der Waals surface area contributed by atoms with Crippen LogP contribution in [-0.2, 0) is 19.1 Å². The van der Waals surface area contributed by atoms with Gasteiger partial charge in [0.1, 0.15) is 11.6 Å². The zero-order chi connectivity index (χ0) is 20.5. The fraction of sp³-hybridized carbons (Fsp3) is 0.150. The van der Waals surface area contributed by atoms with Crippen LogP contribution in [0.4, 0.5) is 14.5 Å². The number of nitrogens with zero attached hydrogens (tertiary/aromatic N) is 1. The normalized spacial score (nSPS) is 10.6. The number of anilines is 1. The number of nitrogens with two attached hydrogens (primary N) is 1. The van der Waals surface area contributed by atoms with Gasteiger partial charge >= 0.3 is 5.97 Å². The van der Waals surface area contributed by atoms with E-state index in [9.17, 15) is 23.2 Å². The van der Waals surface area contributed by atoms with E-state index < -0.39 is 36.0 Å². The number of benzene rings is 2. The third kappa shape index (κ3) is 6.64. The highest BCUT2D eigenvalue weighted by Gasteiger charge is 2.18. The Kier molecular flexibility index (Phi) is 7.38. The van der Waals surface area contributed by atoms with E-state index in [1.165, 1.54) is 47.4 Å². The number of esters is 1. The molecule has 0 atom stereocenters. The first-order chi connectivity index (χ1) is 13.3. The van der Waals surface area contributed by atoms with Gasteiger partial charge in [0, 0.05) is 24.7 Å². The molecule has 0 fully saturated rings. The number of halogens is 2. The molecule has 0 unspecified atom stereocenters. The first-order valence-corrected chi connectivity index (χ1v) is 8.30. The Hall–Kier alpha value is -3.55. The lowest BCUT2D eigenvalue weighted by atomic mass is 10.2. The van der Waals surface area contributed by atoms with Crippen LogP contribution in [0, 0.1) is 11.6 Å². The summed E-state index contributed by atoms with van der Waals surface area (Å²) in [6.45, 7) is -0.620. The second kappa shape index (κ2) is 9.96. The molecule has 6 nitrogen and oxygen atoms in total. The summed E-state index contributed by atoms with van der Waals surface area (Å²) in [5.41, 5.74) is 6.04. The van der Waals surface area contributed by atoms with Crippen molar-refractivity contribution in [2.75, 3.05) is 18.1 Å². The van der Waals surface area contributed by atoms with Gasteiger partial charge in [-0.3, -0.25) is 9.59 Å². The minimum absolute atomic E-state index is 0.0389. The molecule has 0 aliphatic carbocycles. The number of hydrogen-bond acceptors (Lipinski definition) is 4. The van der Waals surface area contributed by atoms with Crippen molar-refractivity contribution in [2.45, 2.75) is 6.42 Å². The molecule has 28 heavy (non-hydrogen) atoms. The summed E-state index contributed by atoms with van der Waals surface area (Å²) in [5, 5.41) is 0. The molecular weight excluding hydrogens is 370 g/mol. The molecule has 8 heteroatoms. The summed E-state index contributed by atoms with van der Waals surface area (Å²) in [5.74, 6) is -2.87. The van der Waals surface area contributed by atoms with Crippen LogP contribution in [0.3, 0.4) is 0 Å². The topological polar surface area (TPSA) is 89.7 Å². The second-order valence-corrected chi connectivity index (χ2v) is 5.73. The van der Waals surface area contributed by atoms with Crippen LogP contribution in [0.15, 0.2) is 54.6 Å². The summed E-state index contributed by atoms with van der Waals surface area (Å²) >= 11 is 0. The molecule has 2 N–H and O–H groups in total. The Bertz CT molecular complexity index is 865. The first kappa shape index (κ1) is 20.8. The Morgan fingerprint density at radius 2 is 1.54 bits per heavy atom. The molecular formula is C20H18F2N2O4. The molecule has 0 aliphatic heterocycles. The molecule has 0 spiro atoms. The minimum Gasteiger partial charge on any atom is -0.452 e. The molecule has 0 saturated carbocycles. The summed E-state index contributed by atoms with van der Waals surface area (Å²) in [6.07, 6.45) is 2.41. The van der Waals surface area contributed by atoms with Gasteiger partial charge in [-0.2, -0.15) is 0 Å². The summed E-state index contributed by atoms with van der Waals surface area (Å²) in [7, 11) is 0. The maximum atomic E-state index is 13.1. The molecule has 2 aromatic carbocycles. The highest BCUT2D eigenvalue weighted by Crippen LogP contribution is 2.16. The Morgan fingerprint density at radius 3 is 2.11 bits per heavy atom. The SMILES string of the molecule is NC(=O)CCN(C(=O)COC(=O)/C=C/c1ccc(F)cc1)c1ccc(F)cc1. The van der Waals surface area contributed by atoms with Gasteiger partial charge in [-0.15, -0.1) is 0 Å². The summed E-state index contributed by atoms with van der Waals surface area (Å²) in [6, 6.07) is 10.5. The van der Waals surface area contributed by atoms with Gasteiger partial charge in [-0.1, -0.05) is 12.1 Å². The van der Waals surface area contributed by atoms with Crippen molar-refractivity contribution in [3.63, 3.8) is 0 Å². The van der Waals surface area contributed by atoms with Crippen LogP contribution in [0.25, 0.3) is 6.08 Å². The van der Waals surface area contributed by atoms with Crippen molar-refractivity contribution < 1.29 is 27.9 Å². The minimum atomic E-state index is -0.772. The van der Waals surface area contributed by atoms with Gasteiger partial charge in [0.25, 0.3) is 5.91 Å². The van der Waals surface area contributed by atoms with E-state index >= 15 is 0 Å². The molecule has 0 aliphatic rings. The van der Waals surface area contributed by atoms with Crippen LogP contribution >= 0.6 is 0 Å². The zero-order valence-electron chi connectivity index (χ0n) is 14.8. The van der Waals surface area contributed by atoms with Crippen LogP contribution in [0.2, 0.25) is 0 Å². The molecule has 0 saturated heterocycles. The van der Waals surface area contributed by atoms with Crippen LogP contribution in [0.5, 0.6) is 0 Å². The van der Waals surface area contributed by atoms with Crippen molar-refractivity contribution in [1.82, 2.24) is 0 Å². The Labute approximate surface area is 160 Å². The zero-order valence-corrected chi connectivity index (χ0v) is 14.8. The number of carbonyl (C=O) groups is 3. The number of ether oxygens (including phenoxy) is 1. The van der Waals surface area contributed by atoms with E-state index in [-0.39, 0.29) is 13.0 Å². The molecule has 0 radical (unpaired) electrons. The monoisotopic (exact) mass is 388 g/mol. The van der Waals surface area contributed by atoms with E-state index in [0.717, 1.165) is 18.2 Å². The van der Waals surface area contributed by atoms with Crippen molar-refractivity contribution in [2.24, 2.45) is 5.73 Å². The first-order valence-electron chi connectivity index (χ1n) is 8.30. The standard InChI is InChI=1S/C20H18F2N2O4/c21-15-4-1-14(2-5-15)3-10-20(27)28-13-19(26)24(12-11-18(23)25)17-8-6-16(22)7-9-17/h1-10H,11-13H2,(H2,23,25)/b10-3+. The molecule has 2 amide bonds. The van der Waals surface area contributed by atoms with Crippen molar-refractivity contribution in [1.29, 1.82) is 0 Å². The third-order valence-electron chi connectivity index (χ3n) is 3.64. The van der Waals surface area contributed by atoms with Crippen LogP contribution in [-0.4, -0.2) is 30.9 Å². The van der Waals surface area contributed by atoms with Gasteiger partial charge in [0.05, 0.1) is 0 Å². The number of primary amides is 1. The molecule has 2 rings (SSSR count). The maximum absolute atomic E-state index is 13.1. The van der Waals surface area contributed by atoms with Gasteiger partial charge in [0.2, 0.25) is 5.91 Å². The lowest BCUT2D eigenvalue weighted by Crippen LogP contribution is -2.37. The van der Waals surface area contributed by atoms with Gasteiger partial charge in [-0.25, -0.2) is 13.6 Å². The molecule has 0 bridgehead atoms. The predicted molar refractivity (Wildman–Crippen MR) is 99.0 cm³/mol. The number of amides is 2. The predicted octanol–water partition coefficient (Wildman–Crippen LogP) is 2.43. The third-order valence-corrected chi connectivity index (χ3v) is 3.64. The average Bonchev–Trinajstić information content (AvgIpc) is 2.67. The largest absolute Gasteiger partial charge is 0.452 e. The number of hydrogen-bond donors (Lipinski definition) is 1. The second-order valence-electron chi connectivity index (χ2n) is 5.73. The summed E-state index contributed by atoms with van der Waals surface area (Å²) < 4.78 is 30.8. The highest BCUT2D eigenvalue weighted by molar-refractivity contribution is 5.97. The van der Waals surface area contributed by atoms with E-state index in [0.29, 0.717) is 11.3 Å². The van der Waals surface area contributed by atoms with Crippen molar-refractivity contribution in [3.05, 3.63) is 71.8 Å². The van der Waals surface area contributed by atoms with E-state index in [1.54, 1.807) is 0 Å². The van der Waals surface area contributed by atoms with Crippen molar-refractivity contribution >= 4 is 29.5 Å². The Balaban J connectivity index is 1.97. The van der Waals surface area contributed by atoms with E-state index in [4.69, 9.17) is 10.5 Å². The molecule has 0 heterocycles. The van der Waals surface area contributed by atoms with Gasteiger partial charge in [-0.05, 0) is 48.0 Å². The number of carbonyl (C=O) groups excluding carboxylic acids is 3. The number of rotatable bonds is 8. The smallest absolute Gasteiger partial charge is 0.331 e. The summed E-state index contributed by atoms with van der Waals surface area (Å²) in [4.78, 5) is 36.4. The maximum Gasteiger partial charge on any atom is 0.331 e. The quantitative estimate of drug-likeness (QED) is 0.556. The van der Waals surface area contributed by atoms with E-state index in [2.05, 4.69) is 0 Å². The fourth-order valence-corrected chi connectivity index (χ4v) is 2.24. The van der Waals surface area contributed by atoms with Crippen LogP contribution in [0.1, 0.15) is 12.0 Å². The van der Waals surface area contributed by atoms with Gasteiger partial charge < -0.3 is 15.4 Å². The lowest BCUT2D eigenvalue weighted by Gasteiger charge is -2.22.